The highest BCUT2D eigenvalue weighted by Crippen LogP contribution is 2.26. The quantitative estimate of drug-likeness (QED) is 0.484. The van der Waals surface area contributed by atoms with Crippen LogP contribution < -0.4 is 0 Å². The summed E-state index contributed by atoms with van der Waals surface area (Å²) < 4.78 is 7.14. The van der Waals surface area contributed by atoms with E-state index in [0.717, 1.165) is 12.1 Å². The fourth-order valence-electron chi connectivity index (χ4n) is 3.71. The second-order valence-corrected chi connectivity index (χ2v) is 7.47. The lowest BCUT2D eigenvalue weighted by Crippen LogP contribution is -2.37. The van der Waals surface area contributed by atoms with Gasteiger partial charge in [-0.1, -0.05) is 41.9 Å². The first-order chi connectivity index (χ1) is 14.2. The highest BCUT2D eigenvalue weighted by Gasteiger charge is 2.26. The molecule has 0 bridgehead atoms. The minimum atomic E-state index is -0.0650. The number of carbonyl (C=O) groups is 1. The monoisotopic (exact) mass is 403 g/mol. The van der Waals surface area contributed by atoms with Gasteiger partial charge in [0.15, 0.2) is 5.76 Å². The number of hydrogen-bond donors (Lipinski definition) is 0. The van der Waals surface area contributed by atoms with E-state index in [1.165, 1.54) is 11.1 Å². The number of carbonyl (C=O) groups excluding carboxylic acids is 1. The molecule has 5 rings (SSSR count). The first-order valence-electron chi connectivity index (χ1n) is 9.45. The zero-order valence-corrected chi connectivity index (χ0v) is 16.3. The number of aromatic nitrogens is 2. The molecule has 1 amide bonds. The molecule has 0 spiro atoms. The van der Waals surface area contributed by atoms with Crippen LogP contribution in [-0.2, 0) is 13.0 Å². The lowest BCUT2D eigenvalue weighted by atomic mass is 10.00. The van der Waals surface area contributed by atoms with Crippen LogP contribution in [0.15, 0.2) is 77.4 Å². The second-order valence-electron chi connectivity index (χ2n) is 7.03. The third-order valence-electron chi connectivity index (χ3n) is 5.17. The number of amides is 1. The Balaban J connectivity index is 1.56. The minimum absolute atomic E-state index is 0.0650. The van der Waals surface area contributed by atoms with Crippen LogP contribution in [0, 0.1) is 0 Å². The Bertz CT molecular complexity index is 1180. The van der Waals surface area contributed by atoms with Crippen LogP contribution in [0.1, 0.15) is 21.6 Å². The molecule has 0 N–H and O–H groups in total. The van der Waals surface area contributed by atoms with Crippen LogP contribution >= 0.6 is 11.6 Å². The highest BCUT2D eigenvalue weighted by molar-refractivity contribution is 6.30. The number of halogens is 1. The molecule has 1 aliphatic heterocycles. The summed E-state index contributed by atoms with van der Waals surface area (Å²) in [6.45, 7) is 1.26. The summed E-state index contributed by atoms with van der Waals surface area (Å²) in [5.74, 6) is 0.550. The summed E-state index contributed by atoms with van der Waals surface area (Å²) in [6.07, 6.45) is 2.44. The molecule has 6 heteroatoms. The number of hydrogen-bond acceptors (Lipinski definition) is 3. The number of fused-ring (bicyclic) bond motifs is 1. The molecule has 2 aromatic heterocycles. The van der Waals surface area contributed by atoms with Crippen LogP contribution in [0.5, 0.6) is 0 Å². The number of nitrogens with zero attached hydrogens (tertiary/aromatic N) is 3. The Kier molecular flexibility index (Phi) is 4.45. The molecule has 4 aromatic rings. The fourth-order valence-corrected chi connectivity index (χ4v) is 3.90. The normalized spacial score (nSPS) is 13.3. The van der Waals surface area contributed by atoms with Gasteiger partial charge in [0, 0.05) is 24.2 Å². The standard InChI is InChI=1S/C23H18ClN3O2/c24-18-7-3-8-19(13-18)27-21(14-20(25-27)22-9-4-12-29-22)23(28)26-11-10-16-5-1-2-6-17(16)15-26/h1-9,12-14H,10-11,15H2. The molecule has 0 saturated heterocycles. The molecule has 2 aromatic carbocycles. The number of rotatable bonds is 3. The van der Waals surface area contributed by atoms with Crippen LogP contribution in [0.25, 0.3) is 17.1 Å². The third kappa shape index (κ3) is 3.34. The van der Waals surface area contributed by atoms with E-state index in [1.54, 1.807) is 35.2 Å². The van der Waals surface area contributed by atoms with Crippen LogP contribution in [0.4, 0.5) is 0 Å². The lowest BCUT2D eigenvalue weighted by Gasteiger charge is -2.29. The molecule has 0 saturated carbocycles. The van der Waals surface area contributed by atoms with Gasteiger partial charge in [0.1, 0.15) is 11.4 Å². The van der Waals surface area contributed by atoms with Gasteiger partial charge >= 0.3 is 0 Å². The predicted octanol–water partition coefficient (Wildman–Crippen LogP) is 4.98. The molecule has 5 nitrogen and oxygen atoms in total. The average Bonchev–Trinajstić information content (AvgIpc) is 3.43. The largest absolute Gasteiger partial charge is 0.463 e. The summed E-state index contributed by atoms with van der Waals surface area (Å²) >= 11 is 6.18. The van der Waals surface area contributed by atoms with E-state index in [0.29, 0.717) is 35.3 Å². The maximum Gasteiger partial charge on any atom is 0.272 e. The first-order valence-corrected chi connectivity index (χ1v) is 9.83. The minimum Gasteiger partial charge on any atom is -0.463 e. The van der Waals surface area contributed by atoms with Crippen LogP contribution in [-0.4, -0.2) is 27.1 Å². The Morgan fingerprint density at radius 2 is 1.86 bits per heavy atom. The summed E-state index contributed by atoms with van der Waals surface area (Å²) in [5, 5.41) is 5.23. The van der Waals surface area contributed by atoms with Gasteiger partial charge in [0.05, 0.1) is 12.0 Å². The van der Waals surface area contributed by atoms with Gasteiger partial charge in [-0.25, -0.2) is 4.68 Å². The topological polar surface area (TPSA) is 51.3 Å². The summed E-state index contributed by atoms with van der Waals surface area (Å²) in [6, 6.07) is 21.0. The summed E-state index contributed by atoms with van der Waals surface area (Å²) in [7, 11) is 0. The van der Waals surface area contributed by atoms with Crippen molar-refractivity contribution in [3.05, 3.63) is 94.8 Å². The third-order valence-corrected chi connectivity index (χ3v) is 5.41. The van der Waals surface area contributed by atoms with Crippen molar-refractivity contribution in [3.63, 3.8) is 0 Å². The second kappa shape index (κ2) is 7.26. The van der Waals surface area contributed by atoms with Gasteiger partial charge in [-0.15, -0.1) is 0 Å². The molecule has 144 valence electrons. The predicted molar refractivity (Wildman–Crippen MR) is 111 cm³/mol. The maximum atomic E-state index is 13.5. The molecule has 1 aliphatic rings. The Hall–Kier alpha value is -3.31. The van der Waals surface area contributed by atoms with Gasteiger partial charge in [-0.05, 0) is 47.9 Å². The Morgan fingerprint density at radius 1 is 1.00 bits per heavy atom. The van der Waals surface area contributed by atoms with Crippen molar-refractivity contribution in [2.45, 2.75) is 13.0 Å². The van der Waals surface area contributed by atoms with Crippen molar-refractivity contribution in [2.24, 2.45) is 0 Å². The SMILES string of the molecule is O=C(c1cc(-c2ccco2)nn1-c1cccc(Cl)c1)N1CCc2ccccc2C1. The van der Waals surface area contributed by atoms with Crippen LogP contribution in [0.3, 0.4) is 0 Å². The van der Waals surface area contributed by atoms with E-state index >= 15 is 0 Å². The van der Waals surface area contributed by atoms with Crippen LogP contribution in [0.2, 0.25) is 5.02 Å². The zero-order chi connectivity index (χ0) is 19.8. The van der Waals surface area contributed by atoms with E-state index < -0.39 is 0 Å². The van der Waals surface area contributed by atoms with E-state index in [9.17, 15) is 4.79 Å². The molecule has 0 unspecified atom stereocenters. The molecule has 0 aliphatic carbocycles. The van der Waals surface area contributed by atoms with Gasteiger partial charge in [0.2, 0.25) is 0 Å². The average molecular weight is 404 g/mol. The van der Waals surface area contributed by atoms with Crippen molar-refractivity contribution < 1.29 is 9.21 Å². The Morgan fingerprint density at radius 3 is 2.66 bits per heavy atom. The van der Waals surface area contributed by atoms with Gasteiger partial charge in [-0.3, -0.25) is 4.79 Å². The van der Waals surface area contributed by atoms with E-state index in [-0.39, 0.29) is 5.91 Å². The van der Waals surface area contributed by atoms with Crippen molar-refractivity contribution in [1.82, 2.24) is 14.7 Å². The van der Waals surface area contributed by atoms with E-state index in [1.807, 2.05) is 35.2 Å². The zero-order valence-electron chi connectivity index (χ0n) is 15.6. The summed E-state index contributed by atoms with van der Waals surface area (Å²) in [5.41, 5.74) is 4.31. The lowest BCUT2D eigenvalue weighted by molar-refractivity contribution is 0.0725. The van der Waals surface area contributed by atoms with E-state index in [4.69, 9.17) is 16.0 Å². The van der Waals surface area contributed by atoms with Gasteiger partial charge < -0.3 is 9.32 Å². The van der Waals surface area contributed by atoms with Gasteiger partial charge in [0.25, 0.3) is 5.91 Å². The van der Waals surface area contributed by atoms with Crippen molar-refractivity contribution in [2.75, 3.05) is 6.54 Å². The smallest absolute Gasteiger partial charge is 0.272 e. The molecular weight excluding hydrogens is 386 g/mol. The molecule has 3 heterocycles. The number of benzene rings is 2. The Labute approximate surface area is 173 Å². The molecule has 29 heavy (non-hydrogen) atoms. The van der Waals surface area contributed by atoms with Gasteiger partial charge in [-0.2, -0.15) is 5.10 Å². The van der Waals surface area contributed by atoms with E-state index in [2.05, 4.69) is 17.2 Å². The highest BCUT2D eigenvalue weighted by atomic mass is 35.5. The van der Waals surface area contributed by atoms with Crippen molar-refractivity contribution >= 4 is 17.5 Å². The molecule has 0 fully saturated rings. The first kappa shape index (κ1) is 17.8. The molecule has 0 atom stereocenters. The number of furan rings is 1. The molecule has 0 radical (unpaired) electrons. The molecular formula is C23H18ClN3O2. The van der Waals surface area contributed by atoms with Crippen molar-refractivity contribution in [1.29, 1.82) is 0 Å². The maximum absolute atomic E-state index is 13.5. The van der Waals surface area contributed by atoms with Crippen molar-refractivity contribution in [3.8, 4) is 17.1 Å². The summed E-state index contributed by atoms with van der Waals surface area (Å²) in [4.78, 5) is 15.3. The fraction of sp³-hybridized carbons (Fsp3) is 0.130.